The molecule has 100 valence electrons. The largest absolute Gasteiger partial charge is 0.329 e. The first kappa shape index (κ1) is 13.9. The lowest BCUT2D eigenvalue weighted by atomic mass is 10.0. The van der Waals surface area contributed by atoms with E-state index in [1.54, 1.807) is 0 Å². The van der Waals surface area contributed by atoms with E-state index in [9.17, 15) is 0 Å². The van der Waals surface area contributed by atoms with Gasteiger partial charge in [-0.3, -0.25) is 4.90 Å². The highest BCUT2D eigenvalue weighted by Crippen LogP contribution is 2.23. The summed E-state index contributed by atoms with van der Waals surface area (Å²) < 4.78 is 0. The van der Waals surface area contributed by atoms with Crippen LogP contribution in [-0.2, 0) is 6.42 Å². The zero-order valence-electron chi connectivity index (χ0n) is 11.2. The summed E-state index contributed by atoms with van der Waals surface area (Å²) in [6.07, 6.45) is 3.62. The molecule has 18 heavy (non-hydrogen) atoms. The van der Waals surface area contributed by atoms with E-state index in [0.717, 1.165) is 25.4 Å². The second-order valence-corrected chi connectivity index (χ2v) is 6.25. The molecule has 2 atom stereocenters. The standard InChI is InChI=1S/C15H24N2S/c1-17(15-9-10-18-12-15)14(11-16)8-7-13-5-3-2-4-6-13/h2-6,14-15H,7-12,16H2,1H3. The van der Waals surface area contributed by atoms with Crippen molar-refractivity contribution in [2.75, 3.05) is 25.1 Å². The lowest BCUT2D eigenvalue weighted by molar-refractivity contribution is 0.183. The number of thioether (sulfide) groups is 1. The van der Waals surface area contributed by atoms with Gasteiger partial charge < -0.3 is 5.73 Å². The van der Waals surface area contributed by atoms with Crippen molar-refractivity contribution in [3.63, 3.8) is 0 Å². The summed E-state index contributed by atoms with van der Waals surface area (Å²) >= 11 is 2.07. The van der Waals surface area contributed by atoms with Crippen LogP contribution in [0.5, 0.6) is 0 Å². The molecule has 1 aliphatic rings. The third-order valence-electron chi connectivity index (χ3n) is 3.94. The number of nitrogens with two attached hydrogens (primary N) is 1. The van der Waals surface area contributed by atoms with E-state index in [2.05, 4.69) is 54.0 Å². The summed E-state index contributed by atoms with van der Waals surface area (Å²) in [5, 5.41) is 0. The first-order valence-electron chi connectivity index (χ1n) is 6.85. The van der Waals surface area contributed by atoms with E-state index in [4.69, 9.17) is 5.73 Å². The number of benzene rings is 1. The van der Waals surface area contributed by atoms with Crippen LogP contribution in [0.1, 0.15) is 18.4 Å². The zero-order chi connectivity index (χ0) is 12.8. The molecule has 3 heteroatoms. The molecule has 1 heterocycles. The van der Waals surface area contributed by atoms with Crippen LogP contribution in [0, 0.1) is 0 Å². The maximum atomic E-state index is 5.96. The highest BCUT2D eigenvalue weighted by atomic mass is 32.2. The van der Waals surface area contributed by atoms with E-state index < -0.39 is 0 Å². The Hall–Kier alpha value is -0.510. The summed E-state index contributed by atoms with van der Waals surface area (Å²) in [6.45, 7) is 0.768. The van der Waals surface area contributed by atoms with Crippen LogP contribution in [0.15, 0.2) is 30.3 Å². The van der Waals surface area contributed by atoms with Crippen molar-refractivity contribution >= 4 is 11.8 Å². The maximum absolute atomic E-state index is 5.96. The van der Waals surface area contributed by atoms with Gasteiger partial charge in [0.05, 0.1) is 0 Å². The molecular weight excluding hydrogens is 240 g/mol. The predicted molar refractivity (Wildman–Crippen MR) is 81.1 cm³/mol. The Labute approximate surface area is 115 Å². The molecule has 0 saturated carbocycles. The smallest absolute Gasteiger partial charge is 0.0221 e. The molecule has 1 aromatic rings. The van der Waals surface area contributed by atoms with Gasteiger partial charge in [0.25, 0.3) is 0 Å². The molecule has 0 amide bonds. The number of hydrogen-bond donors (Lipinski definition) is 1. The molecule has 2 unspecified atom stereocenters. The molecule has 0 bridgehead atoms. The zero-order valence-corrected chi connectivity index (χ0v) is 12.0. The molecule has 0 spiro atoms. The van der Waals surface area contributed by atoms with Crippen molar-refractivity contribution in [3.05, 3.63) is 35.9 Å². The molecule has 0 aliphatic carbocycles. The first-order chi connectivity index (χ1) is 8.81. The first-order valence-corrected chi connectivity index (χ1v) is 8.00. The van der Waals surface area contributed by atoms with Crippen LogP contribution >= 0.6 is 11.8 Å². The van der Waals surface area contributed by atoms with Gasteiger partial charge in [0.15, 0.2) is 0 Å². The van der Waals surface area contributed by atoms with Crippen molar-refractivity contribution in [3.8, 4) is 0 Å². The molecular formula is C15H24N2S. The van der Waals surface area contributed by atoms with Crippen LogP contribution in [0.2, 0.25) is 0 Å². The SMILES string of the molecule is CN(C(CN)CCc1ccccc1)C1CCSC1. The Morgan fingerprint density at radius 3 is 2.78 bits per heavy atom. The highest BCUT2D eigenvalue weighted by molar-refractivity contribution is 7.99. The van der Waals surface area contributed by atoms with Gasteiger partial charge in [-0.05, 0) is 37.6 Å². The van der Waals surface area contributed by atoms with Crippen LogP contribution in [0.4, 0.5) is 0 Å². The summed E-state index contributed by atoms with van der Waals surface area (Å²) in [5.74, 6) is 2.59. The molecule has 0 aromatic heterocycles. The second kappa shape index (κ2) is 7.17. The molecule has 1 aliphatic heterocycles. The van der Waals surface area contributed by atoms with Crippen LogP contribution in [-0.4, -0.2) is 42.1 Å². The third-order valence-corrected chi connectivity index (χ3v) is 5.08. The van der Waals surface area contributed by atoms with Crippen molar-refractivity contribution < 1.29 is 0 Å². The fourth-order valence-electron chi connectivity index (χ4n) is 2.61. The van der Waals surface area contributed by atoms with Gasteiger partial charge in [0, 0.05) is 24.4 Å². The fraction of sp³-hybridized carbons (Fsp3) is 0.600. The Bertz CT molecular complexity index is 336. The molecule has 2 rings (SSSR count). The Balaban J connectivity index is 1.84. The average molecular weight is 264 g/mol. The minimum absolute atomic E-state index is 0.522. The third kappa shape index (κ3) is 3.74. The number of nitrogens with zero attached hydrogens (tertiary/aromatic N) is 1. The number of likely N-dealkylation sites (N-methyl/N-ethyl adjacent to an activating group) is 1. The minimum atomic E-state index is 0.522. The number of hydrogen-bond acceptors (Lipinski definition) is 3. The van der Waals surface area contributed by atoms with Gasteiger partial charge in [-0.15, -0.1) is 0 Å². The number of aryl methyl sites for hydroxylation is 1. The van der Waals surface area contributed by atoms with E-state index in [1.165, 1.54) is 23.5 Å². The summed E-state index contributed by atoms with van der Waals surface area (Å²) in [4.78, 5) is 2.52. The van der Waals surface area contributed by atoms with Gasteiger partial charge in [-0.25, -0.2) is 0 Å². The molecule has 2 nitrogen and oxygen atoms in total. The van der Waals surface area contributed by atoms with Crippen LogP contribution < -0.4 is 5.73 Å². The van der Waals surface area contributed by atoms with Crippen molar-refractivity contribution in [1.29, 1.82) is 0 Å². The lowest BCUT2D eigenvalue weighted by Crippen LogP contribution is -2.44. The topological polar surface area (TPSA) is 29.3 Å². The van der Waals surface area contributed by atoms with Gasteiger partial charge >= 0.3 is 0 Å². The normalized spacial score (nSPS) is 21.4. The van der Waals surface area contributed by atoms with Crippen molar-refractivity contribution in [2.24, 2.45) is 5.73 Å². The van der Waals surface area contributed by atoms with Gasteiger partial charge in [0.2, 0.25) is 0 Å². The molecule has 2 N–H and O–H groups in total. The van der Waals surface area contributed by atoms with Crippen molar-refractivity contribution in [2.45, 2.75) is 31.3 Å². The number of rotatable bonds is 6. The van der Waals surface area contributed by atoms with Gasteiger partial charge in [-0.2, -0.15) is 11.8 Å². The van der Waals surface area contributed by atoms with Crippen LogP contribution in [0.25, 0.3) is 0 Å². The van der Waals surface area contributed by atoms with Crippen LogP contribution in [0.3, 0.4) is 0 Å². The van der Waals surface area contributed by atoms with E-state index in [0.29, 0.717) is 6.04 Å². The molecule has 1 saturated heterocycles. The highest BCUT2D eigenvalue weighted by Gasteiger charge is 2.24. The summed E-state index contributed by atoms with van der Waals surface area (Å²) in [7, 11) is 2.25. The lowest BCUT2D eigenvalue weighted by Gasteiger charge is -2.32. The predicted octanol–water partition coefficient (Wildman–Crippen LogP) is 2.38. The Morgan fingerprint density at radius 1 is 1.39 bits per heavy atom. The maximum Gasteiger partial charge on any atom is 0.0221 e. The average Bonchev–Trinajstić information content (AvgIpc) is 2.94. The second-order valence-electron chi connectivity index (χ2n) is 5.10. The van der Waals surface area contributed by atoms with Crippen molar-refractivity contribution in [1.82, 2.24) is 4.90 Å². The minimum Gasteiger partial charge on any atom is -0.329 e. The molecule has 0 radical (unpaired) electrons. The van der Waals surface area contributed by atoms with E-state index in [1.807, 2.05) is 0 Å². The Kier molecular flexibility index (Phi) is 5.54. The monoisotopic (exact) mass is 264 g/mol. The van der Waals surface area contributed by atoms with Gasteiger partial charge in [-0.1, -0.05) is 30.3 Å². The summed E-state index contributed by atoms with van der Waals surface area (Å²) in [6, 6.07) is 12.0. The molecule has 1 fully saturated rings. The Morgan fingerprint density at radius 2 is 2.17 bits per heavy atom. The summed E-state index contributed by atoms with van der Waals surface area (Å²) in [5.41, 5.74) is 7.38. The molecule has 1 aromatic carbocycles. The van der Waals surface area contributed by atoms with E-state index >= 15 is 0 Å². The fourth-order valence-corrected chi connectivity index (χ4v) is 3.89. The quantitative estimate of drug-likeness (QED) is 0.855. The van der Waals surface area contributed by atoms with E-state index in [-0.39, 0.29) is 0 Å². The van der Waals surface area contributed by atoms with Gasteiger partial charge in [0.1, 0.15) is 0 Å².